The molecule has 18 heavy (non-hydrogen) atoms. The van der Waals surface area contributed by atoms with Crippen LogP contribution in [0, 0.1) is 5.82 Å². The van der Waals surface area contributed by atoms with E-state index in [9.17, 15) is 4.39 Å². The van der Waals surface area contributed by atoms with E-state index in [-0.39, 0.29) is 11.9 Å². The molecule has 3 nitrogen and oxygen atoms in total. The Morgan fingerprint density at radius 1 is 1.50 bits per heavy atom. The highest BCUT2D eigenvalue weighted by atomic mass is 32.2. The molecule has 96 valence electrons. The van der Waals surface area contributed by atoms with Crippen molar-refractivity contribution in [2.75, 3.05) is 0 Å². The van der Waals surface area contributed by atoms with Gasteiger partial charge in [0.05, 0.1) is 0 Å². The molecular weight excluding hydrogens is 269 g/mol. The molecule has 0 bridgehead atoms. The lowest BCUT2D eigenvalue weighted by atomic mass is 10.1. The molecule has 0 saturated heterocycles. The van der Waals surface area contributed by atoms with E-state index in [1.807, 2.05) is 13.0 Å². The van der Waals surface area contributed by atoms with Gasteiger partial charge in [-0.1, -0.05) is 24.8 Å². The van der Waals surface area contributed by atoms with Crippen LogP contribution in [0.2, 0.25) is 0 Å². The molecule has 6 heteroatoms. The summed E-state index contributed by atoms with van der Waals surface area (Å²) >= 11 is 2.75. The number of nitrogens with zero attached hydrogens (tertiary/aromatic N) is 2. The molecule has 1 heterocycles. The Labute approximate surface area is 114 Å². The zero-order valence-corrected chi connectivity index (χ0v) is 11.8. The minimum absolute atomic E-state index is 0.268. The monoisotopic (exact) mass is 283 g/mol. The van der Waals surface area contributed by atoms with Crippen molar-refractivity contribution in [1.82, 2.24) is 9.36 Å². The topological polar surface area (TPSA) is 51.8 Å². The summed E-state index contributed by atoms with van der Waals surface area (Å²) in [6.07, 6.45) is 0.806. The second kappa shape index (κ2) is 5.77. The Bertz CT molecular complexity index is 540. The molecule has 0 aliphatic rings. The Balaban J connectivity index is 2.31. The van der Waals surface area contributed by atoms with Gasteiger partial charge in [-0.05, 0) is 30.6 Å². The minimum Gasteiger partial charge on any atom is -0.324 e. The van der Waals surface area contributed by atoms with E-state index >= 15 is 0 Å². The van der Waals surface area contributed by atoms with Crippen LogP contribution in [-0.2, 0) is 6.42 Å². The summed E-state index contributed by atoms with van der Waals surface area (Å²) in [5.41, 5.74) is 6.35. The molecule has 2 aromatic rings. The van der Waals surface area contributed by atoms with Crippen molar-refractivity contribution in [2.45, 2.75) is 35.5 Å². The second-order valence-electron chi connectivity index (χ2n) is 3.87. The highest BCUT2D eigenvalue weighted by Gasteiger charge is 2.15. The predicted octanol–water partition coefficient (Wildman–Crippen LogP) is 3.41. The van der Waals surface area contributed by atoms with Gasteiger partial charge in [0, 0.05) is 22.9 Å². The van der Waals surface area contributed by atoms with Crippen LogP contribution in [-0.4, -0.2) is 9.36 Å². The fourth-order valence-electron chi connectivity index (χ4n) is 1.57. The molecule has 1 aromatic heterocycles. The van der Waals surface area contributed by atoms with Crippen LogP contribution in [0.1, 0.15) is 31.3 Å². The maximum Gasteiger partial charge on any atom is 0.174 e. The van der Waals surface area contributed by atoms with E-state index in [0.717, 1.165) is 21.5 Å². The molecule has 0 spiro atoms. The summed E-state index contributed by atoms with van der Waals surface area (Å²) in [6.45, 7) is 3.78. The van der Waals surface area contributed by atoms with E-state index in [2.05, 4.69) is 9.36 Å². The van der Waals surface area contributed by atoms with Crippen LogP contribution in [0.3, 0.4) is 0 Å². The van der Waals surface area contributed by atoms with Gasteiger partial charge < -0.3 is 5.73 Å². The number of aryl methyl sites for hydroxylation is 1. The number of aromatic nitrogens is 2. The Kier molecular flexibility index (Phi) is 4.31. The lowest BCUT2D eigenvalue weighted by Gasteiger charge is -2.11. The molecule has 0 aliphatic carbocycles. The quantitative estimate of drug-likeness (QED) is 0.934. The molecule has 0 amide bonds. The Hall–Kier alpha value is -0.980. The summed E-state index contributed by atoms with van der Waals surface area (Å²) in [6, 6.07) is 4.64. The first-order valence-electron chi connectivity index (χ1n) is 5.66. The maximum atomic E-state index is 13.7. The van der Waals surface area contributed by atoms with Crippen LogP contribution >= 0.6 is 23.3 Å². The van der Waals surface area contributed by atoms with E-state index in [4.69, 9.17) is 5.73 Å². The molecule has 0 unspecified atom stereocenters. The highest BCUT2D eigenvalue weighted by molar-refractivity contribution is 8.01. The normalized spacial score (nSPS) is 12.7. The van der Waals surface area contributed by atoms with E-state index < -0.39 is 0 Å². The van der Waals surface area contributed by atoms with Crippen molar-refractivity contribution in [3.8, 4) is 0 Å². The van der Waals surface area contributed by atoms with Crippen molar-refractivity contribution in [2.24, 2.45) is 5.73 Å². The molecule has 2 rings (SSSR count). The van der Waals surface area contributed by atoms with Gasteiger partial charge in [0.2, 0.25) is 0 Å². The number of nitrogens with two attached hydrogens (primary N) is 1. The average Bonchev–Trinajstić information content (AvgIpc) is 2.76. The van der Waals surface area contributed by atoms with Gasteiger partial charge in [-0.15, -0.1) is 0 Å². The van der Waals surface area contributed by atoms with Crippen LogP contribution in [0.4, 0.5) is 4.39 Å². The summed E-state index contributed by atoms with van der Waals surface area (Å²) in [5.74, 6) is 0.552. The maximum absolute atomic E-state index is 13.7. The molecule has 0 aliphatic heterocycles. The Morgan fingerprint density at radius 2 is 2.28 bits per heavy atom. The molecule has 2 N–H and O–H groups in total. The zero-order chi connectivity index (χ0) is 13.1. The first kappa shape index (κ1) is 13.5. The molecule has 1 aromatic carbocycles. The SMILES string of the molecule is CCc1nsc(Sc2cccc(F)c2[C@H](C)N)n1. The summed E-state index contributed by atoms with van der Waals surface area (Å²) in [4.78, 5) is 5.17. The summed E-state index contributed by atoms with van der Waals surface area (Å²) in [5, 5.41) is 0. The smallest absolute Gasteiger partial charge is 0.174 e. The molecular formula is C12H14FN3S2. The van der Waals surface area contributed by atoms with Crippen molar-refractivity contribution >= 4 is 23.3 Å². The average molecular weight is 283 g/mol. The third-order valence-corrected chi connectivity index (χ3v) is 4.30. The number of halogens is 1. The Morgan fingerprint density at radius 3 is 2.89 bits per heavy atom. The second-order valence-corrected chi connectivity index (χ2v) is 5.91. The van der Waals surface area contributed by atoms with Gasteiger partial charge in [-0.3, -0.25) is 0 Å². The fraction of sp³-hybridized carbons (Fsp3) is 0.333. The molecule has 0 fully saturated rings. The van der Waals surface area contributed by atoms with Crippen molar-refractivity contribution in [3.05, 3.63) is 35.4 Å². The van der Waals surface area contributed by atoms with Crippen molar-refractivity contribution < 1.29 is 4.39 Å². The molecule has 1 atom stereocenters. The third kappa shape index (κ3) is 2.88. The van der Waals surface area contributed by atoms with E-state index in [0.29, 0.717) is 5.56 Å². The van der Waals surface area contributed by atoms with Gasteiger partial charge in [0.25, 0.3) is 0 Å². The largest absolute Gasteiger partial charge is 0.324 e. The standard InChI is InChI=1S/C12H14FN3S2/c1-3-10-15-12(18-16-10)17-9-6-4-5-8(13)11(9)7(2)14/h4-7H,3,14H2,1-2H3/t7-/m0/s1. The van der Waals surface area contributed by atoms with Crippen molar-refractivity contribution in [3.63, 3.8) is 0 Å². The van der Waals surface area contributed by atoms with Gasteiger partial charge in [-0.25, -0.2) is 9.37 Å². The lowest BCUT2D eigenvalue weighted by Crippen LogP contribution is -2.08. The predicted molar refractivity (Wildman–Crippen MR) is 72.4 cm³/mol. The number of hydrogen-bond donors (Lipinski definition) is 1. The number of rotatable bonds is 4. The first-order chi connectivity index (χ1) is 8.61. The van der Waals surface area contributed by atoms with Gasteiger partial charge in [0.1, 0.15) is 11.6 Å². The van der Waals surface area contributed by atoms with Crippen LogP contribution in [0.5, 0.6) is 0 Å². The summed E-state index contributed by atoms with van der Waals surface area (Å²) < 4.78 is 18.8. The fourth-order valence-corrected chi connectivity index (χ4v) is 3.47. The number of hydrogen-bond acceptors (Lipinski definition) is 5. The summed E-state index contributed by atoms with van der Waals surface area (Å²) in [7, 11) is 0. The van der Waals surface area contributed by atoms with Gasteiger partial charge in [0.15, 0.2) is 4.34 Å². The minimum atomic E-state index is -0.340. The molecule has 0 radical (unpaired) electrons. The van der Waals surface area contributed by atoms with E-state index in [1.54, 1.807) is 13.0 Å². The highest BCUT2D eigenvalue weighted by Crippen LogP contribution is 2.34. The van der Waals surface area contributed by atoms with Crippen LogP contribution in [0.15, 0.2) is 27.4 Å². The van der Waals surface area contributed by atoms with Gasteiger partial charge in [-0.2, -0.15) is 4.37 Å². The third-order valence-electron chi connectivity index (χ3n) is 2.43. The lowest BCUT2D eigenvalue weighted by molar-refractivity contribution is 0.585. The zero-order valence-electron chi connectivity index (χ0n) is 10.2. The first-order valence-corrected chi connectivity index (χ1v) is 7.25. The van der Waals surface area contributed by atoms with Gasteiger partial charge >= 0.3 is 0 Å². The van der Waals surface area contributed by atoms with Crippen LogP contribution < -0.4 is 5.73 Å². The van der Waals surface area contributed by atoms with Crippen molar-refractivity contribution in [1.29, 1.82) is 0 Å². The number of benzene rings is 1. The van der Waals surface area contributed by atoms with E-state index in [1.165, 1.54) is 29.4 Å². The van der Waals surface area contributed by atoms with Crippen LogP contribution in [0.25, 0.3) is 0 Å². The molecule has 0 saturated carbocycles.